The molecule has 0 aliphatic rings. The molecule has 2 aromatic rings. The Morgan fingerprint density at radius 2 is 1.55 bits per heavy atom. The minimum atomic E-state index is -3.29. The van der Waals surface area contributed by atoms with E-state index in [9.17, 15) is 23.5 Å². The molecule has 2 unspecified atom stereocenters. The molecule has 156 valence electrons. The predicted octanol–water partition coefficient (Wildman–Crippen LogP) is 1.91. The molecule has 7 nitrogen and oxygen atoms in total. The van der Waals surface area contributed by atoms with Gasteiger partial charge in [-0.3, -0.25) is 20.1 Å². The van der Waals surface area contributed by atoms with Gasteiger partial charge in [-0.2, -0.15) is 0 Å². The highest BCUT2D eigenvalue weighted by molar-refractivity contribution is 5.94. The Kier molecular flexibility index (Phi) is 7.02. The van der Waals surface area contributed by atoms with Crippen LogP contribution in [0.1, 0.15) is 24.2 Å². The molecular weight excluding hydrogens is 384 g/mol. The van der Waals surface area contributed by atoms with Crippen LogP contribution < -0.4 is 16.1 Å². The lowest BCUT2D eigenvalue weighted by Gasteiger charge is -2.40. The van der Waals surface area contributed by atoms with E-state index in [1.165, 1.54) is 5.48 Å². The van der Waals surface area contributed by atoms with Gasteiger partial charge >= 0.3 is 0 Å². The van der Waals surface area contributed by atoms with Gasteiger partial charge in [-0.1, -0.05) is 42.5 Å². The highest BCUT2D eigenvalue weighted by Gasteiger charge is 2.55. The van der Waals surface area contributed by atoms with Crippen molar-refractivity contribution in [2.75, 3.05) is 6.67 Å². The minimum Gasteiger partial charge on any atom is -0.382 e. The van der Waals surface area contributed by atoms with E-state index in [2.05, 4.69) is 10.6 Å². The van der Waals surface area contributed by atoms with Crippen molar-refractivity contribution in [3.63, 3.8) is 0 Å². The van der Waals surface area contributed by atoms with Gasteiger partial charge in [-0.25, -0.2) is 14.3 Å². The number of nitrogens with one attached hydrogen (secondary N) is 3. The van der Waals surface area contributed by atoms with E-state index in [0.717, 1.165) is 25.0 Å². The third-order valence-corrected chi connectivity index (χ3v) is 4.94. The molecule has 29 heavy (non-hydrogen) atoms. The molecular formula is C20H23F2N3O4. The van der Waals surface area contributed by atoms with E-state index in [-0.39, 0.29) is 0 Å². The summed E-state index contributed by atoms with van der Waals surface area (Å²) in [7, 11) is 0. The van der Waals surface area contributed by atoms with Crippen LogP contribution in [-0.2, 0) is 4.79 Å². The van der Waals surface area contributed by atoms with Crippen LogP contribution in [0.3, 0.4) is 0 Å². The van der Waals surface area contributed by atoms with Crippen LogP contribution in [0.15, 0.2) is 54.6 Å². The SMILES string of the molecule is CC(NCNC(=O)c1ccc(-c2ccccc2)cc1)(C(=O)NO)C(C)(O)C(F)F. The molecule has 0 fully saturated rings. The molecule has 0 aromatic heterocycles. The number of carbonyl (C=O) groups excluding carboxylic acids is 2. The van der Waals surface area contributed by atoms with Gasteiger partial charge in [0.1, 0.15) is 11.1 Å². The van der Waals surface area contributed by atoms with Crippen molar-refractivity contribution in [3.8, 4) is 11.1 Å². The number of hydroxylamine groups is 1. The van der Waals surface area contributed by atoms with E-state index in [1.807, 2.05) is 30.3 Å². The Morgan fingerprint density at radius 1 is 1.00 bits per heavy atom. The van der Waals surface area contributed by atoms with Gasteiger partial charge in [-0.15, -0.1) is 0 Å². The summed E-state index contributed by atoms with van der Waals surface area (Å²) in [4.78, 5) is 24.2. The molecule has 2 aromatic carbocycles. The van der Waals surface area contributed by atoms with Crippen LogP contribution in [0, 0.1) is 0 Å². The third kappa shape index (κ3) is 4.76. The van der Waals surface area contributed by atoms with Crippen LogP contribution in [-0.4, -0.2) is 46.4 Å². The van der Waals surface area contributed by atoms with Crippen LogP contribution in [0.5, 0.6) is 0 Å². The maximum atomic E-state index is 13.2. The van der Waals surface area contributed by atoms with Crippen LogP contribution >= 0.6 is 0 Å². The normalized spacial score (nSPS) is 15.3. The largest absolute Gasteiger partial charge is 0.382 e. The Bertz CT molecular complexity index is 845. The Hall–Kier alpha value is -2.88. The molecule has 0 heterocycles. The van der Waals surface area contributed by atoms with Crippen molar-refractivity contribution in [3.05, 3.63) is 60.2 Å². The molecule has 0 aliphatic carbocycles. The summed E-state index contributed by atoms with van der Waals surface area (Å²) in [6.45, 7) is 1.33. The summed E-state index contributed by atoms with van der Waals surface area (Å²) < 4.78 is 26.4. The lowest BCUT2D eigenvalue weighted by Crippen LogP contribution is -2.70. The van der Waals surface area contributed by atoms with Gasteiger partial charge in [0.05, 0.1) is 6.67 Å². The first-order valence-electron chi connectivity index (χ1n) is 8.77. The van der Waals surface area contributed by atoms with Gasteiger partial charge < -0.3 is 10.4 Å². The molecule has 0 saturated carbocycles. The fourth-order valence-corrected chi connectivity index (χ4v) is 2.67. The second kappa shape index (κ2) is 9.08. The van der Waals surface area contributed by atoms with E-state index >= 15 is 0 Å². The Balaban J connectivity index is 2.05. The summed E-state index contributed by atoms with van der Waals surface area (Å²) in [6, 6.07) is 16.3. The first-order chi connectivity index (χ1) is 13.6. The fraction of sp³-hybridized carbons (Fsp3) is 0.300. The molecule has 0 bridgehead atoms. The first kappa shape index (κ1) is 22.4. The average molecular weight is 407 g/mol. The van der Waals surface area contributed by atoms with Gasteiger partial charge in [0.2, 0.25) is 0 Å². The molecule has 2 amide bonds. The minimum absolute atomic E-state index is 0.320. The molecule has 0 aliphatic heterocycles. The number of aliphatic hydroxyl groups is 1. The highest BCUT2D eigenvalue weighted by Crippen LogP contribution is 2.28. The summed E-state index contributed by atoms with van der Waals surface area (Å²) >= 11 is 0. The molecule has 5 N–H and O–H groups in total. The summed E-state index contributed by atoms with van der Waals surface area (Å²) in [5.41, 5.74) is -1.62. The number of hydrogen-bond acceptors (Lipinski definition) is 5. The molecule has 2 atom stereocenters. The lowest BCUT2D eigenvalue weighted by atomic mass is 9.82. The van der Waals surface area contributed by atoms with E-state index in [0.29, 0.717) is 5.56 Å². The highest BCUT2D eigenvalue weighted by atomic mass is 19.3. The number of hydrogen-bond donors (Lipinski definition) is 5. The fourth-order valence-electron chi connectivity index (χ4n) is 2.67. The Labute approximate surface area is 166 Å². The first-order valence-corrected chi connectivity index (χ1v) is 8.77. The van der Waals surface area contributed by atoms with Crippen molar-refractivity contribution < 1.29 is 28.7 Å². The smallest absolute Gasteiger partial charge is 0.268 e. The molecule has 0 spiro atoms. The van der Waals surface area contributed by atoms with Crippen molar-refractivity contribution >= 4 is 11.8 Å². The second-order valence-corrected chi connectivity index (χ2v) is 6.82. The third-order valence-electron chi connectivity index (χ3n) is 4.94. The topological polar surface area (TPSA) is 111 Å². The quantitative estimate of drug-likeness (QED) is 0.261. The van der Waals surface area contributed by atoms with Crippen LogP contribution in [0.4, 0.5) is 8.78 Å². The maximum Gasteiger partial charge on any atom is 0.268 e. The van der Waals surface area contributed by atoms with Crippen molar-refractivity contribution in [2.24, 2.45) is 0 Å². The van der Waals surface area contributed by atoms with Gasteiger partial charge in [-0.05, 0) is 37.1 Å². The summed E-state index contributed by atoms with van der Waals surface area (Å²) in [5, 5.41) is 23.7. The lowest BCUT2D eigenvalue weighted by molar-refractivity contribution is -0.167. The number of benzene rings is 2. The molecule has 9 heteroatoms. The number of halogens is 2. The zero-order chi connectivity index (χ0) is 21.7. The summed E-state index contributed by atoms with van der Waals surface area (Å²) in [6.07, 6.45) is -3.29. The van der Waals surface area contributed by atoms with E-state index in [4.69, 9.17) is 5.21 Å². The Morgan fingerprint density at radius 3 is 2.07 bits per heavy atom. The van der Waals surface area contributed by atoms with Gasteiger partial charge in [0.25, 0.3) is 18.2 Å². The predicted molar refractivity (Wildman–Crippen MR) is 102 cm³/mol. The maximum absolute atomic E-state index is 13.2. The van der Waals surface area contributed by atoms with Crippen LogP contribution in [0.2, 0.25) is 0 Å². The molecule has 0 saturated heterocycles. The van der Waals surface area contributed by atoms with Crippen molar-refractivity contribution in [1.29, 1.82) is 0 Å². The van der Waals surface area contributed by atoms with Crippen LogP contribution in [0.25, 0.3) is 11.1 Å². The zero-order valence-electron chi connectivity index (χ0n) is 15.9. The average Bonchev–Trinajstić information content (AvgIpc) is 2.73. The van der Waals surface area contributed by atoms with Crippen molar-refractivity contribution in [1.82, 2.24) is 16.1 Å². The zero-order valence-corrected chi connectivity index (χ0v) is 15.9. The number of carbonyl (C=O) groups is 2. The monoisotopic (exact) mass is 407 g/mol. The molecule has 2 rings (SSSR count). The number of alkyl halides is 2. The number of rotatable bonds is 8. The van der Waals surface area contributed by atoms with E-state index < -0.39 is 36.0 Å². The van der Waals surface area contributed by atoms with E-state index in [1.54, 1.807) is 24.3 Å². The van der Waals surface area contributed by atoms with Gasteiger partial charge in [0, 0.05) is 5.56 Å². The standard InChI is InChI=1S/C20H23F2N3O4/c1-19(18(27)25-29,20(2,28)17(21)22)24-12-23-16(26)15-10-8-14(9-11-15)13-6-4-3-5-7-13/h3-11,17,24,28-29H,12H2,1-2H3,(H,23,26)(H,25,27). The van der Waals surface area contributed by atoms with Crippen molar-refractivity contribution in [2.45, 2.75) is 31.4 Å². The second-order valence-electron chi connectivity index (χ2n) is 6.82. The van der Waals surface area contributed by atoms with Gasteiger partial charge in [0.15, 0.2) is 0 Å². The number of amides is 2. The molecule has 0 radical (unpaired) electrons. The summed E-state index contributed by atoms with van der Waals surface area (Å²) in [5.74, 6) is -1.79.